The minimum atomic E-state index is -3.55. The summed E-state index contributed by atoms with van der Waals surface area (Å²) in [5, 5.41) is 3.15. The van der Waals surface area contributed by atoms with E-state index in [0.717, 1.165) is 25.2 Å². The second kappa shape index (κ2) is 4.97. The maximum atomic E-state index is 12.8. The molecule has 6 heteroatoms. The predicted octanol–water partition coefficient (Wildman–Crippen LogP) is 2.37. The molecule has 1 aliphatic heterocycles. The lowest BCUT2D eigenvalue weighted by Gasteiger charge is -2.10. The Labute approximate surface area is 104 Å². The van der Waals surface area contributed by atoms with E-state index in [1.165, 1.54) is 12.1 Å². The van der Waals surface area contributed by atoms with Crippen LogP contribution in [0.15, 0.2) is 18.2 Å². The first-order valence-corrected chi connectivity index (χ1v) is 5.75. The summed E-state index contributed by atoms with van der Waals surface area (Å²) in [7, 11) is 4.01. The largest absolute Gasteiger partial charge is 0.586 e. The van der Waals surface area contributed by atoms with Crippen LogP contribution in [0, 0.1) is 0 Å². The minimum Gasteiger partial charge on any atom is -0.395 e. The van der Waals surface area contributed by atoms with Gasteiger partial charge in [-0.05, 0) is 39.2 Å². The van der Waals surface area contributed by atoms with Crippen LogP contribution >= 0.6 is 0 Å². The van der Waals surface area contributed by atoms with Crippen LogP contribution in [0.2, 0.25) is 0 Å². The molecule has 0 radical (unpaired) electrons. The lowest BCUT2D eigenvalue weighted by molar-refractivity contribution is -0.286. The van der Waals surface area contributed by atoms with E-state index in [2.05, 4.69) is 19.7 Å². The average Bonchev–Trinajstić information content (AvgIpc) is 2.57. The summed E-state index contributed by atoms with van der Waals surface area (Å²) in [5.41, 5.74) is 0.744. The fourth-order valence-electron chi connectivity index (χ4n) is 1.69. The molecule has 2 rings (SSSR count). The van der Waals surface area contributed by atoms with E-state index in [1.807, 2.05) is 14.1 Å². The average molecular weight is 258 g/mol. The van der Waals surface area contributed by atoms with E-state index in [4.69, 9.17) is 0 Å². The molecule has 1 N–H and O–H groups in total. The SMILES string of the molecule is CN(C)CCCNc1ccc2c(c1)OC(F)(F)O2. The zero-order chi connectivity index (χ0) is 13.2. The smallest absolute Gasteiger partial charge is 0.395 e. The number of halogens is 2. The molecular formula is C12H16F2N2O2. The van der Waals surface area contributed by atoms with Crippen molar-refractivity contribution in [2.45, 2.75) is 12.7 Å². The summed E-state index contributed by atoms with van der Waals surface area (Å²) in [4.78, 5) is 2.09. The highest BCUT2D eigenvalue weighted by molar-refractivity contribution is 5.55. The van der Waals surface area contributed by atoms with E-state index in [9.17, 15) is 8.78 Å². The van der Waals surface area contributed by atoms with Gasteiger partial charge in [-0.1, -0.05) is 0 Å². The van der Waals surface area contributed by atoms with Crippen LogP contribution < -0.4 is 14.8 Å². The van der Waals surface area contributed by atoms with Crippen molar-refractivity contribution in [3.63, 3.8) is 0 Å². The van der Waals surface area contributed by atoms with E-state index in [-0.39, 0.29) is 11.5 Å². The first-order valence-electron chi connectivity index (χ1n) is 5.75. The second-order valence-corrected chi connectivity index (χ2v) is 4.41. The molecule has 0 atom stereocenters. The first-order chi connectivity index (χ1) is 8.46. The van der Waals surface area contributed by atoms with Crippen molar-refractivity contribution in [2.75, 3.05) is 32.5 Å². The number of nitrogens with zero attached hydrogens (tertiary/aromatic N) is 1. The molecule has 0 fully saturated rings. The van der Waals surface area contributed by atoms with Crippen LogP contribution in [0.1, 0.15) is 6.42 Å². The van der Waals surface area contributed by atoms with Crippen molar-refractivity contribution in [1.82, 2.24) is 4.90 Å². The predicted molar refractivity (Wildman–Crippen MR) is 64.3 cm³/mol. The van der Waals surface area contributed by atoms with Crippen LogP contribution in [0.25, 0.3) is 0 Å². The Bertz CT molecular complexity index is 425. The monoisotopic (exact) mass is 258 g/mol. The standard InChI is InChI=1S/C12H16F2N2O2/c1-16(2)7-3-6-15-9-4-5-10-11(8-9)18-12(13,14)17-10/h4-5,8,15H,3,6-7H2,1-2H3. The van der Waals surface area contributed by atoms with Crippen LogP contribution in [0.4, 0.5) is 14.5 Å². The third kappa shape index (κ3) is 3.22. The van der Waals surface area contributed by atoms with Gasteiger partial charge in [-0.25, -0.2) is 0 Å². The van der Waals surface area contributed by atoms with Crippen molar-refractivity contribution in [3.05, 3.63) is 18.2 Å². The Morgan fingerprint density at radius 2 is 1.94 bits per heavy atom. The number of anilines is 1. The first kappa shape index (κ1) is 12.9. The zero-order valence-electron chi connectivity index (χ0n) is 10.4. The number of rotatable bonds is 5. The number of fused-ring (bicyclic) bond motifs is 1. The Kier molecular flexibility index (Phi) is 3.56. The Morgan fingerprint density at radius 3 is 2.67 bits per heavy atom. The number of nitrogens with one attached hydrogen (secondary N) is 1. The summed E-state index contributed by atoms with van der Waals surface area (Å²) in [6, 6.07) is 4.69. The Morgan fingerprint density at radius 1 is 1.22 bits per heavy atom. The molecule has 0 saturated heterocycles. The third-order valence-corrected chi connectivity index (χ3v) is 2.51. The summed E-state index contributed by atoms with van der Waals surface area (Å²) >= 11 is 0. The van der Waals surface area contributed by atoms with Gasteiger partial charge in [-0.15, -0.1) is 8.78 Å². The van der Waals surface area contributed by atoms with Crippen LogP contribution in [-0.2, 0) is 0 Å². The fraction of sp³-hybridized carbons (Fsp3) is 0.500. The van der Waals surface area contributed by atoms with Gasteiger partial charge >= 0.3 is 6.29 Å². The summed E-state index contributed by atoms with van der Waals surface area (Å²) in [5.74, 6) is 0.136. The lowest BCUT2D eigenvalue weighted by Crippen LogP contribution is -2.25. The van der Waals surface area contributed by atoms with Gasteiger partial charge < -0.3 is 19.7 Å². The van der Waals surface area contributed by atoms with Gasteiger partial charge in [0.25, 0.3) is 0 Å². The molecule has 4 nitrogen and oxygen atoms in total. The maximum absolute atomic E-state index is 12.8. The minimum absolute atomic E-state index is 0.0672. The number of hydrogen-bond acceptors (Lipinski definition) is 4. The molecule has 0 aromatic heterocycles. The number of hydrogen-bond donors (Lipinski definition) is 1. The number of alkyl halides is 2. The molecular weight excluding hydrogens is 242 g/mol. The Balaban J connectivity index is 1.89. The molecule has 0 amide bonds. The molecule has 100 valence electrons. The highest BCUT2D eigenvalue weighted by Crippen LogP contribution is 2.42. The molecule has 0 aliphatic carbocycles. The summed E-state index contributed by atoms with van der Waals surface area (Å²) < 4.78 is 34.3. The highest BCUT2D eigenvalue weighted by Gasteiger charge is 2.43. The van der Waals surface area contributed by atoms with Gasteiger partial charge in [-0.2, -0.15) is 0 Å². The number of ether oxygens (including phenoxy) is 2. The topological polar surface area (TPSA) is 33.7 Å². The zero-order valence-corrected chi connectivity index (χ0v) is 10.4. The molecule has 0 unspecified atom stereocenters. The second-order valence-electron chi connectivity index (χ2n) is 4.41. The molecule has 0 bridgehead atoms. The fourth-order valence-corrected chi connectivity index (χ4v) is 1.69. The molecule has 0 saturated carbocycles. The lowest BCUT2D eigenvalue weighted by atomic mass is 10.2. The normalized spacial score (nSPS) is 16.1. The molecule has 0 spiro atoms. The van der Waals surface area contributed by atoms with Gasteiger partial charge in [-0.3, -0.25) is 0 Å². The van der Waals surface area contributed by atoms with Gasteiger partial charge in [0.15, 0.2) is 11.5 Å². The van der Waals surface area contributed by atoms with Crippen molar-refractivity contribution in [1.29, 1.82) is 0 Å². The van der Waals surface area contributed by atoms with Crippen LogP contribution in [0.5, 0.6) is 11.5 Å². The number of benzene rings is 1. The quantitative estimate of drug-likeness (QED) is 0.822. The van der Waals surface area contributed by atoms with Crippen molar-refractivity contribution in [2.24, 2.45) is 0 Å². The molecule has 1 aromatic rings. The van der Waals surface area contributed by atoms with Crippen molar-refractivity contribution < 1.29 is 18.3 Å². The van der Waals surface area contributed by atoms with Gasteiger partial charge in [0.1, 0.15) is 0 Å². The van der Waals surface area contributed by atoms with Crippen LogP contribution in [-0.4, -0.2) is 38.4 Å². The van der Waals surface area contributed by atoms with E-state index >= 15 is 0 Å². The third-order valence-electron chi connectivity index (χ3n) is 2.51. The van der Waals surface area contributed by atoms with Gasteiger partial charge in [0.2, 0.25) is 0 Å². The molecule has 18 heavy (non-hydrogen) atoms. The molecule has 1 aliphatic rings. The van der Waals surface area contributed by atoms with Gasteiger partial charge in [0, 0.05) is 18.3 Å². The molecule has 1 aromatic carbocycles. The van der Waals surface area contributed by atoms with E-state index < -0.39 is 6.29 Å². The van der Waals surface area contributed by atoms with Crippen molar-refractivity contribution in [3.8, 4) is 11.5 Å². The van der Waals surface area contributed by atoms with Crippen molar-refractivity contribution >= 4 is 5.69 Å². The van der Waals surface area contributed by atoms with Crippen LogP contribution in [0.3, 0.4) is 0 Å². The summed E-state index contributed by atoms with van der Waals surface area (Å²) in [6.45, 7) is 1.74. The summed E-state index contributed by atoms with van der Waals surface area (Å²) in [6.07, 6.45) is -2.58. The maximum Gasteiger partial charge on any atom is 0.586 e. The Hall–Kier alpha value is -1.56. The molecule has 1 heterocycles. The van der Waals surface area contributed by atoms with E-state index in [0.29, 0.717) is 0 Å². The highest BCUT2D eigenvalue weighted by atomic mass is 19.3. The van der Waals surface area contributed by atoms with Gasteiger partial charge in [0.05, 0.1) is 0 Å². The van der Waals surface area contributed by atoms with E-state index in [1.54, 1.807) is 6.07 Å².